The Morgan fingerprint density at radius 2 is 2.50 bits per heavy atom. The Morgan fingerprint density at radius 1 is 1.64 bits per heavy atom. The molecule has 1 N–H and O–H groups in total. The highest BCUT2D eigenvalue weighted by atomic mass is 32.2. The van der Waals surface area contributed by atoms with Crippen LogP contribution in [0.25, 0.3) is 0 Å². The van der Waals surface area contributed by atoms with Gasteiger partial charge in [0.25, 0.3) is 0 Å². The first-order chi connectivity index (χ1) is 10.6. The van der Waals surface area contributed by atoms with Crippen molar-refractivity contribution < 1.29 is 9.53 Å². The minimum atomic E-state index is -0.461. The van der Waals surface area contributed by atoms with Gasteiger partial charge in [-0.05, 0) is 6.92 Å². The van der Waals surface area contributed by atoms with Gasteiger partial charge in [-0.25, -0.2) is 0 Å². The fourth-order valence-corrected chi connectivity index (χ4v) is 3.99. The maximum Gasteiger partial charge on any atom is 0.224 e. The fourth-order valence-electron chi connectivity index (χ4n) is 3.04. The summed E-state index contributed by atoms with van der Waals surface area (Å²) in [5.74, 6) is 2.38. The fraction of sp³-hybridized carbons (Fsp3) is 0.733. The molecule has 0 aliphatic carbocycles. The average molecular weight is 324 g/mol. The standard InChI is InChI=1S/C15H24N4O2S/c1-15(12-8-17-18(2)9-12)11-19(4-5-21-15)14(20)7-13-10-22-6-3-16-13/h8-9,13,16H,3-7,10-11H2,1-2H3. The zero-order valence-electron chi connectivity index (χ0n) is 13.2. The monoisotopic (exact) mass is 324 g/mol. The van der Waals surface area contributed by atoms with Crippen LogP contribution in [-0.4, -0.2) is 64.4 Å². The second-order valence-electron chi connectivity index (χ2n) is 6.23. The Bertz CT molecular complexity index is 529. The Kier molecular flexibility index (Phi) is 4.75. The molecule has 6 nitrogen and oxygen atoms in total. The maximum atomic E-state index is 12.6. The van der Waals surface area contributed by atoms with Gasteiger partial charge in [-0.3, -0.25) is 9.48 Å². The molecule has 0 bridgehead atoms. The molecule has 2 unspecified atom stereocenters. The third-order valence-electron chi connectivity index (χ3n) is 4.36. The van der Waals surface area contributed by atoms with Crippen molar-refractivity contribution >= 4 is 17.7 Å². The SMILES string of the molecule is Cn1cc(C2(C)CN(C(=O)CC3CSCCN3)CCO2)cn1. The van der Waals surface area contributed by atoms with Crippen molar-refractivity contribution in [2.45, 2.75) is 25.0 Å². The van der Waals surface area contributed by atoms with E-state index in [4.69, 9.17) is 4.74 Å². The molecule has 2 saturated heterocycles. The number of aromatic nitrogens is 2. The molecular weight excluding hydrogens is 300 g/mol. The van der Waals surface area contributed by atoms with E-state index < -0.39 is 5.60 Å². The number of carbonyl (C=O) groups excluding carboxylic acids is 1. The molecule has 2 aliphatic rings. The molecule has 2 atom stereocenters. The first-order valence-electron chi connectivity index (χ1n) is 7.79. The van der Waals surface area contributed by atoms with Gasteiger partial charge in [-0.2, -0.15) is 16.9 Å². The van der Waals surface area contributed by atoms with E-state index in [1.54, 1.807) is 4.68 Å². The van der Waals surface area contributed by atoms with E-state index in [1.807, 2.05) is 43.0 Å². The van der Waals surface area contributed by atoms with E-state index in [2.05, 4.69) is 10.4 Å². The molecule has 1 amide bonds. The number of nitrogens with zero attached hydrogens (tertiary/aromatic N) is 3. The first-order valence-corrected chi connectivity index (χ1v) is 8.94. The number of morpholine rings is 1. The molecule has 3 heterocycles. The van der Waals surface area contributed by atoms with Crippen LogP contribution >= 0.6 is 11.8 Å². The lowest BCUT2D eigenvalue weighted by Crippen LogP contribution is -2.52. The van der Waals surface area contributed by atoms with Gasteiger partial charge in [-0.15, -0.1) is 0 Å². The Hall–Kier alpha value is -1.05. The first kappa shape index (κ1) is 15.8. The number of carbonyl (C=O) groups is 1. The predicted octanol–water partition coefficient (Wildman–Crippen LogP) is 0.589. The molecule has 0 saturated carbocycles. The van der Waals surface area contributed by atoms with Crippen molar-refractivity contribution in [3.8, 4) is 0 Å². The number of amides is 1. The molecule has 1 aromatic rings. The second kappa shape index (κ2) is 6.60. The number of nitrogens with one attached hydrogen (secondary N) is 1. The quantitative estimate of drug-likeness (QED) is 0.882. The van der Waals surface area contributed by atoms with Crippen molar-refractivity contribution in [1.82, 2.24) is 20.0 Å². The van der Waals surface area contributed by atoms with Gasteiger partial charge in [0, 0.05) is 55.9 Å². The van der Waals surface area contributed by atoms with Crippen molar-refractivity contribution in [2.24, 2.45) is 7.05 Å². The van der Waals surface area contributed by atoms with Crippen LogP contribution in [0.2, 0.25) is 0 Å². The number of rotatable bonds is 3. The van der Waals surface area contributed by atoms with Crippen LogP contribution in [0.15, 0.2) is 12.4 Å². The van der Waals surface area contributed by atoms with Crippen molar-refractivity contribution in [2.75, 3.05) is 37.7 Å². The molecule has 2 aliphatic heterocycles. The molecular formula is C15H24N4O2S. The molecule has 122 valence electrons. The Balaban J connectivity index is 1.63. The number of hydrogen-bond donors (Lipinski definition) is 1. The van der Waals surface area contributed by atoms with Crippen LogP contribution < -0.4 is 5.32 Å². The van der Waals surface area contributed by atoms with Gasteiger partial charge >= 0.3 is 0 Å². The molecule has 0 radical (unpaired) electrons. The van der Waals surface area contributed by atoms with Gasteiger partial charge in [0.15, 0.2) is 0 Å². The Labute approximate surface area is 135 Å². The summed E-state index contributed by atoms with van der Waals surface area (Å²) in [7, 11) is 1.89. The molecule has 22 heavy (non-hydrogen) atoms. The highest BCUT2D eigenvalue weighted by molar-refractivity contribution is 7.99. The van der Waals surface area contributed by atoms with Crippen LogP contribution in [0.5, 0.6) is 0 Å². The van der Waals surface area contributed by atoms with Crippen molar-refractivity contribution in [3.05, 3.63) is 18.0 Å². The van der Waals surface area contributed by atoms with E-state index >= 15 is 0 Å². The third kappa shape index (κ3) is 3.47. The zero-order chi connectivity index (χ0) is 15.6. The summed E-state index contributed by atoms with van der Waals surface area (Å²) < 4.78 is 7.74. The number of thioether (sulfide) groups is 1. The van der Waals surface area contributed by atoms with Gasteiger partial charge < -0.3 is 15.0 Å². The number of ether oxygens (including phenoxy) is 1. The topological polar surface area (TPSA) is 59.4 Å². The summed E-state index contributed by atoms with van der Waals surface area (Å²) in [6.45, 7) is 4.88. The second-order valence-corrected chi connectivity index (χ2v) is 7.38. The average Bonchev–Trinajstić information content (AvgIpc) is 2.96. The van der Waals surface area contributed by atoms with Gasteiger partial charge in [0.1, 0.15) is 5.60 Å². The van der Waals surface area contributed by atoms with Crippen molar-refractivity contribution in [3.63, 3.8) is 0 Å². The van der Waals surface area contributed by atoms with Crippen molar-refractivity contribution in [1.29, 1.82) is 0 Å². The van der Waals surface area contributed by atoms with E-state index in [0.717, 1.165) is 23.6 Å². The normalized spacial score (nSPS) is 29.5. The Morgan fingerprint density at radius 3 is 3.18 bits per heavy atom. The van der Waals surface area contributed by atoms with Gasteiger partial charge in [0.05, 0.1) is 19.3 Å². The summed E-state index contributed by atoms with van der Waals surface area (Å²) in [6.07, 6.45) is 4.37. The van der Waals surface area contributed by atoms with E-state index in [9.17, 15) is 4.79 Å². The van der Waals surface area contributed by atoms with E-state index in [1.165, 1.54) is 0 Å². The third-order valence-corrected chi connectivity index (χ3v) is 5.49. The van der Waals surface area contributed by atoms with Gasteiger partial charge in [0.2, 0.25) is 5.91 Å². The van der Waals surface area contributed by atoms with Crippen LogP contribution in [0, 0.1) is 0 Å². The highest BCUT2D eigenvalue weighted by Gasteiger charge is 2.37. The summed E-state index contributed by atoms with van der Waals surface area (Å²) in [6, 6.07) is 0.304. The minimum Gasteiger partial charge on any atom is -0.367 e. The van der Waals surface area contributed by atoms with Crippen LogP contribution in [0.1, 0.15) is 18.9 Å². The van der Waals surface area contributed by atoms with E-state index in [-0.39, 0.29) is 5.91 Å². The lowest BCUT2D eigenvalue weighted by Gasteiger charge is -2.40. The minimum absolute atomic E-state index is 0.221. The molecule has 2 fully saturated rings. The van der Waals surface area contributed by atoms with Crippen LogP contribution in [0.3, 0.4) is 0 Å². The zero-order valence-corrected chi connectivity index (χ0v) is 14.1. The predicted molar refractivity (Wildman–Crippen MR) is 86.8 cm³/mol. The number of hydrogen-bond acceptors (Lipinski definition) is 5. The lowest BCUT2D eigenvalue weighted by molar-refractivity contribution is -0.150. The summed E-state index contributed by atoms with van der Waals surface area (Å²) in [4.78, 5) is 14.5. The molecule has 0 aromatic carbocycles. The largest absolute Gasteiger partial charge is 0.367 e. The summed E-state index contributed by atoms with van der Waals surface area (Å²) >= 11 is 1.92. The molecule has 3 rings (SSSR count). The highest BCUT2D eigenvalue weighted by Crippen LogP contribution is 2.29. The van der Waals surface area contributed by atoms with Crippen LogP contribution in [0.4, 0.5) is 0 Å². The maximum absolute atomic E-state index is 12.6. The molecule has 1 aromatic heterocycles. The lowest BCUT2D eigenvalue weighted by atomic mass is 9.96. The summed E-state index contributed by atoms with van der Waals surface area (Å²) in [5, 5.41) is 7.65. The van der Waals surface area contributed by atoms with Crippen LogP contribution in [-0.2, 0) is 22.2 Å². The van der Waals surface area contributed by atoms with E-state index in [0.29, 0.717) is 32.2 Å². The molecule has 7 heteroatoms. The number of aryl methyl sites for hydroxylation is 1. The van der Waals surface area contributed by atoms with Gasteiger partial charge in [-0.1, -0.05) is 0 Å². The molecule has 0 spiro atoms. The summed E-state index contributed by atoms with van der Waals surface area (Å²) in [5.41, 5.74) is 0.565. The smallest absolute Gasteiger partial charge is 0.224 e.